The molecule has 1 aliphatic rings. The number of benzene rings is 1. The van der Waals surface area contributed by atoms with Crippen LogP contribution >= 0.6 is 0 Å². The highest BCUT2D eigenvalue weighted by atomic mass is 19.4. The molecule has 1 N–H and O–H groups in total. The number of carbonyl (C=O) groups is 2. The van der Waals surface area contributed by atoms with E-state index < -0.39 is 12.8 Å². The third-order valence-electron chi connectivity index (χ3n) is 5.14. The van der Waals surface area contributed by atoms with Gasteiger partial charge in [0.25, 0.3) is 5.91 Å². The first kappa shape index (κ1) is 23.5. The van der Waals surface area contributed by atoms with Crippen molar-refractivity contribution in [2.75, 3.05) is 26.8 Å². The monoisotopic (exact) mass is 454 g/mol. The summed E-state index contributed by atoms with van der Waals surface area (Å²) in [6.45, 7) is -0.348. The number of methoxy groups -OCH3 is 1. The molecule has 0 unspecified atom stereocenters. The van der Waals surface area contributed by atoms with Crippen LogP contribution in [0.4, 0.5) is 13.2 Å². The second kappa shape index (κ2) is 10.4. The molecule has 0 bridgehead atoms. The Morgan fingerprint density at radius 3 is 2.56 bits per heavy atom. The van der Waals surface area contributed by atoms with Gasteiger partial charge in [-0.2, -0.15) is 13.2 Å². The van der Waals surface area contributed by atoms with Crippen molar-refractivity contribution in [3.63, 3.8) is 0 Å². The van der Waals surface area contributed by atoms with E-state index in [9.17, 15) is 22.8 Å². The fourth-order valence-electron chi connectivity index (χ4n) is 3.49. The molecule has 2 aromatic rings. The molecule has 1 fully saturated rings. The van der Waals surface area contributed by atoms with Crippen molar-refractivity contribution < 1.29 is 36.7 Å². The van der Waals surface area contributed by atoms with Gasteiger partial charge in [-0.25, -0.2) is 0 Å². The van der Waals surface area contributed by atoms with E-state index in [1.165, 1.54) is 19.4 Å². The van der Waals surface area contributed by atoms with Gasteiger partial charge in [0.15, 0.2) is 23.9 Å². The number of carbonyl (C=O) groups excluding carboxylic acids is 2. The number of nitrogens with one attached hydrogen (secondary N) is 1. The molecule has 2 heterocycles. The summed E-state index contributed by atoms with van der Waals surface area (Å²) in [5.74, 6) is 0.195. The molecule has 1 aromatic heterocycles. The molecule has 0 spiro atoms. The SMILES string of the molecule is COc1cc(CCC(=O)NC2CCN(C(=O)c3ccco3)CC2)ccc1OCC(F)(F)F. The first-order valence-electron chi connectivity index (χ1n) is 10.2. The van der Waals surface area contributed by atoms with E-state index >= 15 is 0 Å². The van der Waals surface area contributed by atoms with Crippen molar-refractivity contribution in [1.82, 2.24) is 10.2 Å². The lowest BCUT2D eigenvalue weighted by Gasteiger charge is -2.31. The number of alkyl halides is 3. The normalized spacial score (nSPS) is 14.8. The van der Waals surface area contributed by atoms with Gasteiger partial charge in [0.05, 0.1) is 13.4 Å². The number of amides is 2. The average Bonchev–Trinajstić information content (AvgIpc) is 3.31. The summed E-state index contributed by atoms with van der Waals surface area (Å²) in [7, 11) is 1.34. The molecule has 7 nitrogen and oxygen atoms in total. The number of nitrogens with zero attached hydrogens (tertiary/aromatic N) is 1. The number of hydrogen-bond acceptors (Lipinski definition) is 5. The minimum atomic E-state index is -4.44. The topological polar surface area (TPSA) is 81.0 Å². The molecule has 10 heteroatoms. The summed E-state index contributed by atoms with van der Waals surface area (Å²) < 4.78 is 52.1. The fraction of sp³-hybridized carbons (Fsp3) is 0.455. The molecule has 2 amide bonds. The molecule has 1 aliphatic heterocycles. The zero-order valence-corrected chi connectivity index (χ0v) is 17.6. The van der Waals surface area contributed by atoms with Crippen LogP contribution in [0.3, 0.4) is 0 Å². The van der Waals surface area contributed by atoms with Gasteiger partial charge in [-0.1, -0.05) is 6.07 Å². The van der Waals surface area contributed by atoms with Crippen molar-refractivity contribution in [3.8, 4) is 11.5 Å². The number of furan rings is 1. The van der Waals surface area contributed by atoms with Gasteiger partial charge in [0, 0.05) is 25.6 Å². The van der Waals surface area contributed by atoms with Gasteiger partial charge in [-0.15, -0.1) is 0 Å². The van der Waals surface area contributed by atoms with E-state index in [-0.39, 0.29) is 35.8 Å². The zero-order valence-electron chi connectivity index (χ0n) is 17.6. The lowest BCUT2D eigenvalue weighted by atomic mass is 10.0. The Labute approximate surface area is 183 Å². The summed E-state index contributed by atoms with van der Waals surface area (Å²) in [5.41, 5.74) is 0.746. The van der Waals surface area contributed by atoms with E-state index in [4.69, 9.17) is 13.9 Å². The van der Waals surface area contributed by atoms with Gasteiger partial charge in [0.1, 0.15) is 0 Å². The van der Waals surface area contributed by atoms with Crippen LogP contribution in [0.1, 0.15) is 35.4 Å². The predicted molar refractivity (Wildman–Crippen MR) is 109 cm³/mol. The molecule has 0 atom stereocenters. The number of ether oxygens (including phenoxy) is 2. The van der Waals surface area contributed by atoms with Crippen LogP contribution < -0.4 is 14.8 Å². The third kappa shape index (κ3) is 6.66. The van der Waals surface area contributed by atoms with E-state index in [0.717, 1.165) is 5.56 Å². The average molecular weight is 454 g/mol. The molecule has 0 saturated carbocycles. The minimum absolute atomic E-state index is 0.00566. The fourth-order valence-corrected chi connectivity index (χ4v) is 3.49. The van der Waals surface area contributed by atoms with Crippen LogP contribution in [-0.4, -0.2) is 55.7 Å². The van der Waals surface area contributed by atoms with Crippen LogP contribution in [0.2, 0.25) is 0 Å². The maximum Gasteiger partial charge on any atom is 0.422 e. The van der Waals surface area contributed by atoms with Gasteiger partial charge in [-0.3, -0.25) is 9.59 Å². The predicted octanol–water partition coefficient (Wildman–Crippen LogP) is 3.58. The quantitative estimate of drug-likeness (QED) is 0.660. The number of hydrogen-bond donors (Lipinski definition) is 1. The van der Waals surface area contributed by atoms with Crippen LogP contribution in [0, 0.1) is 0 Å². The molecule has 174 valence electrons. The van der Waals surface area contributed by atoms with Crippen LogP contribution in [0.5, 0.6) is 11.5 Å². The Morgan fingerprint density at radius 2 is 1.94 bits per heavy atom. The smallest absolute Gasteiger partial charge is 0.422 e. The Hall–Kier alpha value is -3.17. The zero-order chi connectivity index (χ0) is 23.1. The number of aryl methyl sites for hydroxylation is 1. The van der Waals surface area contributed by atoms with Gasteiger partial charge >= 0.3 is 6.18 Å². The lowest BCUT2D eigenvalue weighted by molar-refractivity contribution is -0.153. The van der Waals surface area contributed by atoms with Crippen LogP contribution in [0.15, 0.2) is 41.0 Å². The minimum Gasteiger partial charge on any atom is -0.493 e. The molecule has 1 saturated heterocycles. The van der Waals surface area contributed by atoms with Crippen molar-refractivity contribution in [2.24, 2.45) is 0 Å². The number of halogens is 3. The number of rotatable bonds is 8. The van der Waals surface area contributed by atoms with Crippen molar-refractivity contribution in [2.45, 2.75) is 37.9 Å². The highest BCUT2D eigenvalue weighted by Gasteiger charge is 2.29. The van der Waals surface area contributed by atoms with E-state index in [0.29, 0.717) is 38.1 Å². The molecular weight excluding hydrogens is 429 g/mol. The van der Waals surface area contributed by atoms with Crippen LogP contribution in [-0.2, 0) is 11.2 Å². The first-order chi connectivity index (χ1) is 15.2. The largest absolute Gasteiger partial charge is 0.493 e. The summed E-state index contributed by atoms with van der Waals surface area (Å²) in [5, 5.41) is 2.98. The maximum atomic E-state index is 12.3. The number of likely N-dealkylation sites (tertiary alicyclic amines) is 1. The molecule has 1 aromatic carbocycles. The molecular formula is C22H25F3N2O5. The van der Waals surface area contributed by atoms with Gasteiger partial charge in [0.2, 0.25) is 5.91 Å². The molecule has 3 rings (SSSR count). The first-order valence-corrected chi connectivity index (χ1v) is 10.2. The summed E-state index contributed by atoms with van der Waals surface area (Å²) in [4.78, 5) is 26.3. The maximum absolute atomic E-state index is 12.3. The summed E-state index contributed by atoms with van der Waals surface area (Å²) >= 11 is 0. The third-order valence-corrected chi connectivity index (χ3v) is 5.14. The number of piperidine rings is 1. The summed E-state index contributed by atoms with van der Waals surface area (Å²) in [6, 6.07) is 7.86. The van der Waals surface area contributed by atoms with Crippen molar-refractivity contribution >= 4 is 11.8 Å². The second-order valence-corrected chi connectivity index (χ2v) is 7.50. The Balaban J connectivity index is 1.43. The van der Waals surface area contributed by atoms with E-state index in [1.807, 2.05) is 0 Å². The van der Waals surface area contributed by atoms with Gasteiger partial charge < -0.3 is 24.1 Å². The molecule has 0 aliphatic carbocycles. The van der Waals surface area contributed by atoms with E-state index in [1.54, 1.807) is 29.2 Å². The Morgan fingerprint density at radius 1 is 1.19 bits per heavy atom. The second-order valence-electron chi connectivity index (χ2n) is 7.50. The summed E-state index contributed by atoms with van der Waals surface area (Å²) in [6.07, 6.45) is -1.06. The molecule has 0 radical (unpaired) electrons. The Bertz CT molecular complexity index is 907. The highest BCUT2D eigenvalue weighted by molar-refractivity contribution is 5.91. The lowest BCUT2D eigenvalue weighted by Crippen LogP contribution is -2.46. The van der Waals surface area contributed by atoms with Gasteiger partial charge in [-0.05, 0) is 49.1 Å². The van der Waals surface area contributed by atoms with Crippen LogP contribution in [0.25, 0.3) is 0 Å². The van der Waals surface area contributed by atoms with Crippen molar-refractivity contribution in [3.05, 3.63) is 47.9 Å². The van der Waals surface area contributed by atoms with E-state index in [2.05, 4.69) is 5.32 Å². The van der Waals surface area contributed by atoms with Crippen molar-refractivity contribution in [1.29, 1.82) is 0 Å². The highest BCUT2D eigenvalue weighted by Crippen LogP contribution is 2.30. The standard InChI is InChI=1S/C22H25F3N2O5/c1-30-19-13-15(4-6-17(19)32-14-22(23,24)25)5-7-20(28)26-16-8-10-27(11-9-16)21(29)18-3-2-12-31-18/h2-4,6,12-13,16H,5,7-11,14H2,1H3,(H,26,28). The molecule has 32 heavy (non-hydrogen) atoms. The Kier molecular flexibility index (Phi) is 7.66.